The van der Waals surface area contributed by atoms with Crippen molar-refractivity contribution in [2.24, 2.45) is 0 Å². The lowest BCUT2D eigenvalue weighted by atomic mass is 10.2. The molecule has 0 aliphatic carbocycles. The molecule has 2 heterocycles. The molecule has 0 atom stereocenters. The molecule has 10 heteroatoms. The number of fused-ring (bicyclic) bond motifs is 1. The first-order chi connectivity index (χ1) is 15.5. The number of amides is 3. The molecule has 2 aromatic rings. The zero-order chi connectivity index (χ0) is 22.5. The zero-order valence-electron chi connectivity index (χ0n) is 16.8. The molecule has 2 aliphatic rings. The van der Waals surface area contributed by atoms with Gasteiger partial charge in [0.25, 0.3) is 11.1 Å². The molecule has 4 rings (SSSR count). The van der Waals surface area contributed by atoms with Gasteiger partial charge in [0.05, 0.1) is 10.7 Å². The Hall–Kier alpha value is -2.98. The van der Waals surface area contributed by atoms with Gasteiger partial charge in [-0.1, -0.05) is 18.2 Å². The molecule has 32 heavy (non-hydrogen) atoms. The van der Waals surface area contributed by atoms with Gasteiger partial charge in [-0.15, -0.1) is 11.8 Å². The van der Waals surface area contributed by atoms with Crippen LogP contribution in [0.15, 0.2) is 52.3 Å². The highest BCUT2D eigenvalue weighted by atomic mass is 32.2. The van der Waals surface area contributed by atoms with Crippen LogP contribution in [0.1, 0.15) is 5.56 Å². The molecule has 0 spiro atoms. The molecule has 0 bridgehead atoms. The van der Waals surface area contributed by atoms with E-state index in [1.165, 1.54) is 30.0 Å². The molecular formula is C22H19FN2O5S2. The van der Waals surface area contributed by atoms with E-state index in [0.29, 0.717) is 24.7 Å². The highest BCUT2D eigenvalue weighted by molar-refractivity contribution is 8.18. The highest BCUT2D eigenvalue weighted by Gasteiger charge is 2.34. The maximum absolute atomic E-state index is 13.8. The van der Waals surface area contributed by atoms with Crippen LogP contribution in [0.2, 0.25) is 0 Å². The predicted molar refractivity (Wildman–Crippen MR) is 120 cm³/mol. The molecule has 0 radical (unpaired) electrons. The minimum atomic E-state index is -0.497. The van der Waals surface area contributed by atoms with E-state index in [2.05, 4.69) is 5.32 Å². The summed E-state index contributed by atoms with van der Waals surface area (Å²) in [5.74, 6) is 0.328. The van der Waals surface area contributed by atoms with Crippen LogP contribution >= 0.6 is 23.5 Å². The monoisotopic (exact) mass is 474 g/mol. The van der Waals surface area contributed by atoms with Crippen molar-refractivity contribution in [1.82, 2.24) is 10.2 Å². The maximum atomic E-state index is 13.8. The van der Waals surface area contributed by atoms with E-state index in [0.717, 1.165) is 21.6 Å². The lowest BCUT2D eigenvalue weighted by Crippen LogP contribution is -2.37. The van der Waals surface area contributed by atoms with E-state index in [9.17, 15) is 18.8 Å². The van der Waals surface area contributed by atoms with Gasteiger partial charge in [0.15, 0.2) is 11.5 Å². The number of thioether (sulfide) groups is 2. The van der Waals surface area contributed by atoms with Crippen LogP contribution in [0, 0.1) is 5.82 Å². The van der Waals surface area contributed by atoms with Crippen molar-refractivity contribution in [3.05, 3.63) is 58.8 Å². The number of halogens is 1. The molecule has 0 unspecified atom stereocenters. The summed E-state index contributed by atoms with van der Waals surface area (Å²) in [4.78, 5) is 38.9. The summed E-state index contributed by atoms with van der Waals surface area (Å²) >= 11 is 2.10. The Morgan fingerprint density at radius 3 is 2.75 bits per heavy atom. The highest BCUT2D eigenvalue weighted by Crippen LogP contribution is 2.34. The summed E-state index contributed by atoms with van der Waals surface area (Å²) in [6.07, 6.45) is 1.36. The average molecular weight is 475 g/mol. The second-order valence-corrected chi connectivity index (χ2v) is 8.84. The number of carbonyl (C=O) groups excluding carboxylic acids is 3. The number of rotatable bonds is 7. The summed E-state index contributed by atoms with van der Waals surface area (Å²) in [5, 5.41) is 2.26. The van der Waals surface area contributed by atoms with Gasteiger partial charge in [0.2, 0.25) is 5.91 Å². The van der Waals surface area contributed by atoms with Crippen molar-refractivity contribution in [3.8, 4) is 11.5 Å². The van der Waals surface area contributed by atoms with E-state index >= 15 is 0 Å². The van der Waals surface area contributed by atoms with Gasteiger partial charge in [-0.05, 0) is 42.1 Å². The Morgan fingerprint density at radius 1 is 1.16 bits per heavy atom. The summed E-state index contributed by atoms with van der Waals surface area (Å²) in [7, 11) is 0. The largest absolute Gasteiger partial charge is 0.486 e. The van der Waals surface area contributed by atoms with E-state index in [1.54, 1.807) is 12.1 Å². The molecule has 1 N–H and O–H groups in total. The summed E-state index contributed by atoms with van der Waals surface area (Å²) < 4.78 is 24.8. The van der Waals surface area contributed by atoms with Gasteiger partial charge in [-0.2, -0.15) is 0 Å². The first-order valence-corrected chi connectivity index (χ1v) is 11.6. The number of ether oxygens (including phenoxy) is 2. The SMILES string of the molecule is O=C(CSc1ccc2c(c1)OCCO2)NCCN1C(=O)S/C(=C\c2ccccc2F)C1=O. The molecular weight excluding hydrogens is 455 g/mol. The smallest absolute Gasteiger partial charge is 0.293 e. The van der Waals surface area contributed by atoms with Gasteiger partial charge in [-0.25, -0.2) is 4.39 Å². The number of nitrogens with one attached hydrogen (secondary N) is 1. The van der Waals surface area contributed by atoms with Crippen molar-refractivity contribution in [2.75, 3.05) is 32.1 Å². The van der Waals surface area contributed by atoms with E-state index < -0.39 is 17.0 Å². The van der Waals surface area contributed by atoms with Crippen LogP contribution in [0.3, 0.4) is 0 Å². The first kappa shape index (κ1) is 22.2. The van der Waals surface area contributed by atoms with Crippen molar-refractivity contribution < 1.29 is 28.2 Å². The van der Waals surface area contributed by atoms with Crippen LogP contribution < -0.4 is 14.8 Å². The summed E-state index contributed by atoms with van der Waals surface area (Å²) in [5.41, 5.74) is 0.238. The van der Waals surface area contributed by atoms with E-state index in [4.69, 9.17) is 9.47 Å². The number of hydrogen-bond acceptors (Lipinski definition) is 7. The van der Waals surface area contributed by atoms with Crippen LogP contribution in [0.4, 0.5) is 9.18 Å². The van der Waals surface area contributed by atoms with Crippen LogP contribution in [0.5, 0.6) is 11.5 Å². The maximum Gasteiger partial charge on any atom is 0.293 e. The average Bonchev–Trinajstić information content (AvgIpc) is 3.06. The molecule has 2 aliphatic heterocycles. The van der Waals surface area contributed by atoms with Gasteiger partial charge in [0, 0.05) is 23.5 Å². The number of nitrogens with zero attached hydrogens (tertiary/aromatic N) is 1. The molecule has 3 amide bonds. The minimum absolute atomic E-state index is 0.0414. The number of benzene rings is 2. The fourth-order valence-electron chi connectivity index (χ4n) is 3.05. The minimum Gasteiger partial charge on any atom is -0.486 e. The third kappa shape index (κ3) is 5.25. The Labute approximate surface area is 192 Å². The number of hydrogen-bond donors (Lipinski definition) is 1. The van der Waals surface area contributed by atoms with E-state index in [-0.39, 0.29) is 35.2 Å². The number of imide groups is 1. The fraction of sp³-hybridized carbons (Fsp3) is 0.227. The van der Waals surface area contributed by atoms with Crippen LogP contribution in [-0.2, 0) is 9.59 Å². The lowest BCUT2D eigenvalue weighted by molar-refractivity contribution is -0.123. The topological polar surface area (TPSA) is 84.9 Å². The molecule has 7 nitrogen and oxygen atoms in total. The molecule has 1 saturated heterocycles. The fourth-order valence-corrected chi connectivity index (χ4v) is 4.66. The summed E-state index contributed by atoms with van der Waals surface area (Å²) in [6, 6.07) is 11.5. The van der Waals surface area contributed by atoms with Gasteiger partial charge in [0.1, 0.15) is 19.0 Å². The number of carbonyl (C=O) groups is 3. The summed E-state index contributed by atoms with van der Waals surface area (Å²) in [6.45, 7) is 1.18. The van der Waals surface area contributed by atoms with Gasteiger partial charge in [-0.3, -0.25) is 19.3 Å². The van der Waals surface area contributed by atoms with E-state index in [1.807, 2.05) is 18.2 Å². The van der Waals surface area contributed by atoms with Gasteiger partial charge >= 0.3 is 0 Å². The Kier molecular flexibility index (Phi) is 7.01. The van der Waals surface area contributed by atoms with Crippen molar-refractivity contribution >= 4 is 46.7 Å². The predicted octanol–water partition coefficient (Wildman–Crippen LogP) is 3.54. The molecule has 166 valence electrons. The van der Waals surface area contributed by atoms with Crippen molar-refractivity contribution in [1.29, 1.82) is 0 Å². The standard InChI is InChI=1S/C22H19FN2O5S2/c23-16-4-2-1-3-14(16)11-19-21(27)25(22(28)32-19)8-7-24-20(26)13-31-15-5-6-17-18(12-15)30-10-9-29-17/h1-6,11-12H,7-10,13H2,(H,24,26)/b19-11-. The molecule has 2 aromatic carbocycles. The second kappa shape index (κ2) is 10.1. The van der Waals surface area contributed by atoms with Crippen molar-refractivity contribution in [2.45, 2.75) is 4.90 Å². The first-order valence-electron chi connectivity index (χ1n) is 9.80. The normalized spacial score (nSPS) is 16.5. The third-order valence-electron chi connectivity index (χ3n) is 4.61. The second-order valence-electron chi connectivity index (χ2n) is 6.80. The van der Waals surface area contributed by atoms with Crippen LogP contribution in [-0.4, -0.2) is 54.0 Å². The molecule has 1 fully saturated rings. The zero-order valence-corrected chi connectivity index (χ0v) is 18.5. The quantitative estimate of drug-likeness (QED) is 0.485. The Morgan fingerprint density at radius 2 is 1.94 bits per heavy atom. The molecule has 0 saturated carbocycles. The molecule has 0 aromatic heterocycles. The Bertz CT molecular complexity index is 1090. The van der Waals surface area contributed by atoms with Gasteiger partial charge < -0.3 is 14.8 Å². The third-order valence-corrected chi connectivity index (χ3v) is 6.51. The van der Waals surface area contributed by atoms with Crippen molar-refractivity contribution in [3.63, 3.8) is 0 Å². The van der Waals surface area contributed by atoms with Crippen LogP contribution in [0.25, 0.3) is 6.08 Å². The lowest BCUT2D eigenvalue weighted by Gasteiger charge is -2.18. The Balaban J connectivity index is 1.25.